The number of aliphatic hydroxyl groups is 1. The number of carboxylic acid groups (broad SMARTS) is 2. The number of hydrogen-bond acceptors (Lipinski definition) is 3. The van der Waals surface area contributed by atoms with Gasteiger partial charge in [0.15, 0.2) is 0 Å². The van der Waals surface area contributed by atoms with E-state index in [2.05, 4.69) is 0 Å². The van der Waals surface area contributed by atoms with Crippen LogP contribution in [0.15, 0.2) is 78.9 Å². The highest BCUT2D eigenvalue weighted by atomic mass is 16.4. The van der Waals surface area contributed by atoms with Crippen molar-refractivity contribution in [3.63, 3.8) is 0 Å². The molecule has 0 atom stereocenters. The molecule has 0 heterocycles. The molecule has 0 spiro atoms. The van der Waals surface area contributed by atoms with Gasteiger partial charge in [-0.05, 0) is 41.0 Å². The summed E-state index contributed by atoms with van der Waals surface area (Å²) in [4.78, 5) is 22.2. The standard InChI is InChI=1S/C21H16O5/c22-19(23)14-6-10-17(11-7-14)21(26,16-4-2-1-3-5-16)18-12-8-15(9-13-18)20(24)25/h1-13,26H,(H,22,23)(H,24,25). The first kappa shape index (κ1) is 17.4. The zero-order valence-corrected chi connectivity index (χ0v) is 13.7. The van der Waals surface area contributed by atoms with E-state index in [0.29, 0.717) is 16.7 Å². The van der Waals surface area contributed by atoms with Crippen molar-refractivity contribution in [2.75, 3.05) is 0 Å². The molecule has 3 aromatic carbocycles. The summed E-state index contributed by atoms with van der Waals surface area (Å²) in [7, 11) is 0. The first-order valence-corrected chi connectivity index (χ1v) is 7.88. The molecule has 0 saturated carbocycles. The highest BCUT2D eigenvalue weighted by molar-refractivity contribution is 5.88. The second-order valence-electron chi connectivity index (χ2n) is 5.84. The van der Waals surface area contributed by atoms with Gasteiger partial charge in [0.25, 0.3) is 0 Å². The summed E-state index contributed by atoms with van der Waals surface area (Å²) in [5.41, 5.74) is 0.241. The Balaban J connectivity index is 2.17. The Labute approximate surface area is 149 Å². The third kappa shape index (κ3) is 3.08. The summed E-state index contributed by atoms with van der Waals surface area (Å²) in [6, 6.07) is 20.9. The van der Waals surface area contributed by atoms with E-state index in [-0.39, 0.29) is 11.1 Å². The molecule has 3 rings (SSSR count). The van der Waals surface area contributed by atoms with Crippen molar-refractivity contribution in [1.29, 1.82) is 0 Å². The average molecular weight is 348 g/mol. The van der Waals surface area contributed by atoms with Crippen LogP contribution in [-0.2, 0) is 5.60 Å². The molecule has 0 aromatic heterocycles. The van der Waals surface area contributed by atoms with Crippen LogP contribution in [0.25, 0.3) is 0 Å². The minimum atomic E-state index is -1.55. The summed E-state index contributed by atoms with van der Waals surface area (Å²) < 4.78 is 0. The molecule has 0 radical (unpaired) electrons. The Morgan fingerprint density at radius 2 is 0.923 bits per heavy atom. The van der Waals surface area contributed by atoms with Crippen LogP contribution in [0.4, 0.5) is 0 Å². The van der Waals surface area contributed by atoms with Crippen LogP contribution in [0.2, 0.25) is 0 Å². The number of benzene rings is 3. The molecule has 0 unspecified atom stereocenters. The molecule has 0 bridgehead atoms. The van der Waals surface area contributed by atoms with Crippen LogP contribution in [0, 0.1) is 0 Å². The Hall–Kier alpha value is -3.44. The number of rotatable bonds is 5. The number of carboxylic acids is 2. The molecule has 0 aliphatic heterocycles. The largest absolute Gasteiger partial charge is 0.478 e. The van der Waals surface area contributed by atoms with Gasteiger partial charge in [-0.25, -0.2) is 9.59 Å². The van der Waals surface area contributed by atoms with Crippen LogP contribution in [0.1, 0.15) is 37.4 Å². The van der Waals surface area contributed by atoms with Gasteiger partial charge in [-0.3, -0.25) is 0 Å². The summed E-state index contributed by atoms with van der Waals surface area (Å²) in [5.74, 6) is -2.10. The molecule has 3 aromatic rings. The minimum Gasteiger partial charge on any atom is -0.478 e. The highest BCUT2D eigenvalue weighted by Gasteiger charge is 2.33. The number of hydrogen-bond donors (Lipinski definition) is 3. The van der Waals surface area contributed by atoms with Gasteiger partial charge < -0.3 is 15.3 Å². The zero-order valence-electron chi connectivity index (χ0n) is 13.7. The van der Waals surface area contributed by atoms with Crippen molar-refractivity contribution in [3.05, 3.63) is 107 Å². The lowest BCUT2D eigenvalue weighted by atomic mass is 9.80. The van der Waals surface area contributed by atoms with E-state index < -0.39 is 17.5 Å². The van der Waals surface area contributed by atoms with Crippen molar-refractivity contribution in [1.82, 2.24) is 0 Å². The van der Waals surface area contributed by atoms with Gasteiger partial charge in [0.05, 0.1) is 11.1 Å². The fourth-order valence-electron chi connectivity index (χ4n) is 2.89. The summed E-state index contributed by atoms with van der Waals surface area (Å²) in [5, 5.41) is 29.7. The Morgan fingerprint density at radius 3 is 1.27 bits per heavy atom. The summed E-state index contributed by atoms with van der Waals surface area (Å²) in [6.45, 7) is 0. The van der Waals surface area contributed by atoms with E-state index in [1.165, 1.54) is 24.3 Å². The van der Waals surface area contributed by atoms with Gasteiger partial charge in [0.1, 0.15) is 5.60 Å². The van der Waals surface area contributed by atoms with Crippen molar-refractivity contribution in [2.24, 2.45) is 0 Å². The molecule has 0 fully saturated rings. The molecule has 26 heavy (non-hydrogen) atoms. The molecule has 5 heteroatoms. The number of carbonyl (C=O) groups is 2. The quantitative estimate of drug-likeness (QED) is 0.615. The molecular weight excluding hydrogens is 332 g/mol. The first-order valence-electron chi connectivity index (χ1n) is 7.88. The third-order valence-electron chi connectivity index (χ3n) is 4.29. The van der Waals surface area contributed by atoms with E-state index >= 15 is 0 Å². The molecule has 0 aliphatic rings. The smallest absolute Gasteiger partial charge is 0.335 e. The SMILES string of the molecule is O=C(O)c1ccc(C(O)(c2ccccc2)c2ccc(C(=O)O)cc2)cc1. The summed E-state index contributed by atoms with van der Waals surface area (Å²) >= 11 is 0. The predicted molar refractivity (Wildman–Crippen MR) is 95.3 cm³/mol. The Morgan fingerprint density at radius 1 is 0.577 bits per heavy atom. The lowest BCUT2D eigenvalue weighted by Gasteiger charge is -2.30. The lowest BCUT2D eigenvalue weighted by Crippen LogP contribution is -2.29. The molecule has 0 saturated heterocycles. The predicted octanol–water partition coefficient (Wildman–Crippen LogP) is 3.37. The third-order valence-corrected chi connectivity index (χ3v) is 4.29. The Kier molecular flexibility index (Phi) is 4.56. The van der Waals surface area contributed by atoms with Crippen LogP contribution in [0.5, 0.6) is 0 Å². The van der Waals surface area contributed by atoms with E-state index in [0.717, 1.165) is 0 Å². The summed E-state index contributed by atoms with van der Waals surface area (Å²) in [6.07, 6.45) is 0. The fourth-order valence-corrected chi connectivity index (χ4v) is 2.89. The van der Waals surface area contributed by atoms with E-state index in [1.807, 2.05) is 6.07 Å². The van der Waals surface area contributed by atoms with E-state index in [1.54, 1.807) is 48.5 Å². The van der Waals surface area contributed by atoms with Crippen LogP contribution >= 0.6 is 0 Å². The molecule has 0 amide bonds. The fraction of sp³-hybridized carbons (Fsp3) is 0.0476. The normalized spacial score (nSPS) is 11.1. The van der Waals surface area contributed by atoms with Gasteiger partial charge in [-0.2, -0.15) is 0 Å². The first-order chi connectivity index (χ1) is 12.4. The molecule has 130 valence electrons. The van der Waals surface area contributed by atoms with Crippen LogP contribution < -0.4 is 0 Å². The van der Waals surface area contributed by atoms with E-state index in [9.17, 15) is 14.7 Å². The highest BCUT2D eigenvalue weighted by Crippen LogP contribution is 2.36. The van der Waals surface area contributed by atoms with Crippen molar-refractivity contribution in [2.45, 2.75) is 5.60 Å². The zero-order chi connectivity index (χ0) is 18.7. The van der Waals surface area contributed by atoms with Gasteiger partial charge in [-0.1, -0.05) is 54.6 Å². The topological polar surface area (TPSA) is 94.8 Å². The molecule has 5 nitrogen and oxygen atoms in total. The Bertz CT molecular complexity index is 871. The lowest BCUT2D eigenvalue weighted by molar-refractivity contribution is 0.0686. The van der Waals surface area contributed by atoms with Crippen LogP contribution in [-0.4, -0.2) is 27.3 Å². The van der Waals surface area contributed by atoms with Crippen molar-refractivity contribution < 1.29 is 24.9 Å². The second-order valence-corrected chi connectivity index (χ2v) is 5.84. The second kappa shape index (κ2) is 6.82. The van der Waals surface area contributed by atoms with Gasteiger partial charge in [0.2, 0.25) is 0 Å². The van der Waals surface area contributed by atoms with Gasteiger partial charge >= 0.3 is 11.9 Å². The van der Waals surface area contributed by atoms with Gasteiger partial charge in [-0.15, -0.1) is 0 Å². The monoisotopic (exact) mass is 348 g/mol. The maximum absolute atomic E-state index is 11.6. The minimum absolute atomic E-state index is 0.116. The maximum Gasteiger partial charge on any atom is 0.335 e. The van der Waals surface area contributed by atoms with Gasteiger partial charge in [0, 0.05) is 0 Å². The van der Waals surface area contributed by atoms with Crippen molar-refractivity contribution in [3.8, 4) is 0 Å². The maximum atomic E-state index is 11.6. The molecular formula is C21H16O5. The number of aromatic carboxylic acids is 2. The molecule has 0 aliphatic carbocycles. The average Bonchev–Trinajstić information content (AvgIpc) is 2.68. The van der Waals surface area contributed by atoms with Crippen LogP contribution in [0.3, 0.4) is 0 Å². The van der Waals surface area contributed by atoms with Crippen molar-refractivity contribution >= 4 is 11.9 Å². The van der Waals surface area contributed by atoms with E-state index in [4.69, 9.17) is 10.2 Å². The molecule has 3 N–H and O–H groups in total.